The Morgan fingerprint density at radius 2 is 1.89 bits per heavy atom. The predicted molar refractivity (Wildman–Crippen MR) is 108 cm³/mol. The molecular weight excluding hydrogens is 338 g/mol. The third-order valence-corrected chi connectivity index (χ3v) is 6.29. The van der Waals surface area contributed by atoms with Crippen molar-refractivity contribution in [2.24, 2.45) is 0 Å². The molecule has 2 aliphatic heterocycles. The van der Waals surface area contributed by atoms with Crippen LogP contribution in [0, 0.1) is 0 Å². The van der Waals surface area contributed by atoms with Gasteiger partial charge in [0.2, 0.25) is 5.91 Å². The third-order valence-electron chi connectivity index (χ3n) is 6.29. The number of piperidine rings is 1. The van der Waals surface area contributed by atoms with E-state index in [4.69, 9.17) is 0 Å². The first kappa shape index (κ1) is 18.5. The number of hydrogen-bond acceptors (Lipinski definition) is 3. The molecule has 5 nitrogen and oxygen atoms in total. The number of H-pyrrole nitrogens is 1. The maximum atomic E-state index is 12.7. The molecule has 4 rings (SSSR count). The van der Waals surface area contributed by atoms with Crippen LogP contribution in [-0.2, 0) is 11.2 Å². The topological polar surface area (TPSA) is 59.6 Å². The molecule has 27 heavy (non-hydrogen) atoms. The van der Waals surface area contributed by atoms with E-state index in [1.54, 1.807) is 0 Å². The minimum absolute atomic E-state index is 0.161. The van der Waals surface area contributed by atoms with Gasteiger partial charge in [-0.1, -0.05) is 31.0 Å². The summed E-state index contributed by atoms with van der Waals surface area (Å²) in [5, 5.41) is 11.9. The second-order valence-corrected chi connectivity index (χ2v) is 8.07. The zero-order valence-corrected chi connectivity index (χ0v) is 16.1. The number of hydrogen-bond donors (Lipinski definition) is 2. The Labute approximate surface area is 161 Å². The summed E-state index contributed by atoms with van der Waals surface area (Å²) in [5.41, 5.74) is 2.31. The van der Waals surface area contributed by atoms with Crippen LogP contribution in [0.15, 0.2) is 30.5 Å². The van der Waals surface area contributed by atoms with Gasteiger partial charge in [-0.05, 0) is 50.4 Å². The number of nitrogens with one attached hydrogen (secondary N) is 1. The van der Waals surface area contributed by atoms with Crippen LogP contribution >= 0.6 is 0 Å². The monoisotopic (exact) mass is 369 g/mol. The zero-order valence-electron chi connectivity index (χ0n) is 16.1. The fraction of sp³-hybridized carbons (Fsp3) is 0.591. The van der Waals surface area contributed by atoms with Gasteiger partial charge in [0.05, 0.1) is 6.10 Å². The van der Waals surface area contributed by atoms with Crippen LogP contribution in [0.3, 0.4) is 0 Å². The van der Waals surface area contributed by atoms with Gasteiger partial charge < -0.3 is 15.0 Å². The lowest BCUT2D eigenvalue weighted by molar-refractivity contribution is -0.136. The molecule has 2 N–H and O–H groups in total. The number of carbonyl (C=O) groups is 1. The highest BCUT2D eigenvalue weighted by Crippen LogP contribution is 2.23. The summed E-state index contributed by atoms with van der Waals surface area (Å²) in [5.74, 6) is 0.161. The number of aromatic amines is 1. The van der Waals surface area contributed by atoms with E-state index in [1.807, 2.05) is 23.2 Å². The summed E-state index contributed by atoms with van der Waals surface area (Å²) < 4.78 is 0. The third kappa shape index (κ3) is 4.19. The van der Waals surface area contributed by atoms with Gasteiger partial charge in [-0.15, -0.1) is 0 Å². The molecule has 0 aliphatic carbocycles. The molecular formula is C22H31N3O2. The Morgan fingerprint density at radius 3 is 2.67 bits per heavy atom. The molecule has 3 heterocycles. The second-order valence-electron chi connectivity index (χ2n) is 8.07. The largest absolute Gasteiger partial charge is 0.390 e. The van der Waals surface area contributed by atoms with E-state index in [0.29, 0.717) is 13.0 Å². The molecule has 1 aromatic heterocycles. The van der Waals surface area contributed by atoms with Crippen molar-refractivity contribution in [1.82, 2.24) is 14.8 Å². The van der Waals surface area contributed by atoms with Gasteiger partial charge in [0.15, 0.2) is 0 Å². The standard InChI is InChI=1S/C22H31N3O2/c26-21-16-25(14-11-20(21)24-12-5-1-2-6-13-24)22(27)10-9-17-15-23-19-8-4-3-7-18(17)19/h3-4,7-8,15,20-21,23,26H,1-2,5-6,9-14,16H2/t20-,21-/m1/s1. The number of nitrogens with zero attached hydrogens (tertiary/aromatic N) is 2. The van der Waals surface area contributed by atoms with Crippen molar-refractivity contribution in [3.8, 4) is 0 Å². The molecule has 0 unspecified atom stereocenters. The number of aliphatic hydroxyl groups excluding tert-OH is 1. The number of aliphatic hydroxyl groups is 1. The van der Waals surface area contributed by atoms with E-state index in [1.165, 1.54) is 36.6 Å². The Morgan fingerprint density at radius 1 is 1.11 bits per heavy atom. The summed E-state index contributed by atoms with van der Waals surface area (Å²) in [6, 6.07) is 8.43. The average molecular weight is 370 g/mol. The number of rotatable bonds is 4. The first-order valence-electron chi connectivity index (χ1n) is 10.5. The highest BCUT2D eigenvalue weighted by atomic mass is 16.3. The fourth-order valence-corrected chi connectivity index (χ4v) is 4.74. The molecule has 0 radical (unpaired) electrons. The van der Waals surface area contributed by atoms with Crippen LogP contribution in [0.5, 0.6) is 0 Å². The second kappa shape index (κ2) is 8.44. The number of para-hydroxylation sites is 1. The number of β-amino-alcohol motifs (C(OH)–C–C–N with tert-alkyl or cyclic N) is 1. The van der Waals surface area contributed by atoms with Gasteiger partial charge in [0.1, 0.15) is 0 Å². The van der Waals surface area contributed by atoms with Crippen molar-refractivity contribution >= 4 is 16.8 Å². The number of amides is 1. The molecule has 2 fully saturated rings. The van der Waals surface area contributed by atoms with Crippen molar-refractivity contribution in [2.75, 3.05) is 26.2 Å². The van der Waals surface area contributed by atoms with Crippen LogP contribution in [0.2, 0.25) is 0 Å². The van der Waals surface area contributed by atoms with Crippen LogP contribution in [0.1, 0.15) is 44.1 Å². The highest BCUT2D eigenvalue weighted by Gasteiger charge is 2.33. The van der Waals surface area contributed by atoms with Gasteiger partial charge >= 0.3 is 0 Å². The molecule has 0 saturated carbocycles. The molecule has 1 amide bonds. The van der Waals surface area contributed by atoms with Gasteiger partial charge in [0, 0.05) is 42.7 Å². The van der Waals surface area contributed by atoms with Crippen LogP contribution < -0.4 is 0 Å². The maximum Gasteiger partial charge on any atom is 0.222 e. The molecule has 146 valence electrons. The van der Waals surface area contributed by atoms with Crippen molar-refractivity contribution in [3.63, 3.8) is 0 Å². The van der Waals surface area contributed by atoms with Crippen molar-refractivity contribution in [1.29, 1.82) is 0 Å². The average Bonchev–Trinajstić information content (AvgIpc) is 2.91. The van der Waals surface area contributed by atoms with Gasteiger partial charge in [0.25, 0.3) is 0 Å². The SMILES string of the molecule is O=C(CCc1c[nH]c2ccccc12)N1CC[C@@H](N2CCCCCC2)[C@H](O)C1. The first-order chi connectivity index (χ1) is 13.2. The number of likely N-dealkylation sites (tertiary alicyclic amines) is 2. The molecule has 1 aromatic carbocycles. The highest BCUT2D eigenvalue weighted by molar-refractivity contribution is 5.84. The molecule has 2 saturated heterocycles. The molecule has 0 spiro atoms. The minimum Gasteiger partial charge on any atom is -0.390 e. The zero-order chi connectivity index (χ0) is 18.6. The summed E-state index contributed by atoms with van der Waals surface area (Å²) in [6.07, 6.45) is 8.79. The lowest BCUT2D eigenvalue weighted by Gasteiger charge is -2.41. The van der Waals surface area contributed by atoms with Crippen molar-refractivity contribution < 1.29 is 9.90 Å². The van der Waals surface area contributed by atoms with Crippen LogP contribution in [-0.4, -0.2) is 64.1 Å². The lowest BCUT2D eigenvalue weighted by atomic mass is 9.99. The number of fused-ring (bicyclic) bond motifs is 1. The molecule has 2 atom stereocenters. The minimum atomic E-state index is -0.422. The van der Waals surface area contributed by atoms with E-state index in [9.17, 15) is 9.90 Å². The number of benzene rings is 1. The quantitative estimate of drug-likeness (QED) is 0.871. The predicted octanol–water partition coefficient (Wildman–Crippen LogP) is 2.94. The van der Waals surface area contributed by atoms with E-state index in [-0.39, 0.29) is 11.9 Å². The van der Waals surface area contributed by atoms with E-state index in [0.717, 1.165) is 38.0 Å². The van der Waals surface area contributed by atoms with E-state index < -0.39 is 6.10 Å². The van der Waals surface area contributed by atoms with E-state index in [2.05, 4.69) is 22.0 Å². The molecule has 2 aromatic rings. The Hall–Kier alpha value is -1.85. The van der Waals surface area contributed by atoms with Crippen molar-refractivity contribution in [2.45, 2.75) is 57.1 Å². The normalized spacial score (nSPS) is 24.9. The molecule has 5 heteroatoms. The summed E-state index contributed by atoms with van der Waals surface area (Å²) >= 11 is 0. The molecule has 2 aliphatic rings. The first-order valence-corrected chi connectivity index (χ1v) is 10.5. The smallest absolute Gasteiger partial charge is 0.222 e. The van der Waals surface area contributed by atoms with Gasteiger partial charge in [-0.3, -0.25) is 9.69 Å². The van der Waals surface area contributed by atoms with Gasteiger partial charge in [-0.25, -0.2) is 0 Å². The van der Waals surface area contributed by atoms with Crippen LogP contribution in [0.4, 0.5) is 0 Å². The maximum absolute atomic E-state index is 12.7. The fourth-order valence-electron chi connectivity index (χ4n) is 4.74. The van der Waals surface area contributed by atoms with E-state index >= 15 is 0 Å². The summed E-state index contributed by atoms with van der Waals surface area (Å²) in [4.78, 5) is 20.3. The lowest BCUT2D eigenvalue weighted by Crippen LogP contribution is -2.55. The number of carbonyl (C=O) groups excluding carboxylic acids is 1. The number of aryl methyl sites for hydroxylation is 1. The summed E-state index contributed by atoms with van der Waals surface area (Å²) in [6.45, 7) is 3.44. The summed E-state index contributed by atoms with van der Waals surface area (Å²) in [7, 11) is 0. The van der Waals surface area contributed by atoms with Gasteiger partial charge in [-0.2, -0.15) is 0 Å². The Bertz CT molecular complexity index is 764. The number of aromatic nitrogens is 1. The van der Waals surface area contributed by atoms with Crippen LogP contribution in [0.25, 0.3) is 10.9 Å². The Balaban J connectivity index is 1.31. The Kier molecular flexibility index (Phi) is 5.79. The molecule has 0 bridgehead atoms. The van der Waals surface area contributed by atoms with Crippen molar-refractivity contribution in [3.05, 3.63) is 36.0 Å².